The van der Waals surface area contributed by atoms with Crippen LogP contribution in [0.3, 0.4) is 0 Å². The Hall–Kier alpha value is -1.76. The number of carbonyl (C=O) groups excluding carboxylic acids is 1. The van der Waals surface area contributed by atoms with Crippen LogP contribution in [0.4, 0.5) is 10.2 Å². The van der Waals surface area contributed by atoms with E-state index < -0.39 is 11.6 Å². The summed E-state index contributed by atoms with van der Waals surface area (Å²) in [7, 11) is 0. The van der Waals surface area contributed by atoms with Crippen molar-refractivity contribution in [2.45, 2.75) is 19.0 Å². The first-order chi connectivity index (χ1) is 9.01. The van der Waals surface area contributed by atoms with Gasteiger partial charge in [-0.05, 0) is 17.9 Å². The molecule has 2 N–H and O–H groups in total. The fourth-order valence-electron chi connectivity index (χ4n) is 2.34. The number of hydrogen-bond acceptors (Lipinski definition) is 5. The SMILES string of the molecule is Cc1csc2c(N3CCC(F)(C(N)=O)C3)ncnc12. The van der Waals surface area contributed by atoms with Crippen molar-refractivity contribution in [3.05, 3.63) is 17.3 Å². The largest absolute Gasteiger partial charge is 0.367 e. The molecule has 1 fully saturated rings. The van der Waals surface area contributed by atoms with Crippen molar-refractivity contribution in [2.75, 3.05) is 18.0 Å². The maximum Gasteiger partial charge on any atom is 0.257 e. The lowest BCUT2D eigenvalue weighted by atomic mass is 10.1. The van der Waals surface area contributed by atoms with Crippen molar-refractivity contribution in [1.82, 2.24) is 9.97 Å². The second-order valence-electron chi connectivity index (χ2n) is 4.79. The first-order valence-corrected chi connectivity index (χ1v) is 6.82. The predicted octanol–water partition coefficient (Wildman–Crippen LogP) is 1.40. The summed E-state index contributed by atoms with van der Waals surface area (Å²) in [5, 5.41) is 2.00. The van der Waals surface area contributed by atoms with Crippen LogP contribution in [-0.4, -0.2) is 34.6 Å². The number of nitrogens with two attached hydrogens (primary N) is 1. The van der Waals surface area contributed by atoms with E-state index in [1.54, 1.807) is 4.90 Å². The van der Waals surface area contributed by atoms with Gasteiger partial charge in [0.25, 0.3) is 5.91 Å². The van der Waals surface area contributed by atoms with E-state index in [1.807, 2.05) is 12.3 Å². The smallest absolute Gasteiger partial charge is 0.257 e. The van der Waals surface area contributed by atoms with Gasteiger partial charge >= 0.3 is 0 Å². The van der Waals surface area contributed by atoms with E-state index in [-0.39, 0.29) is 13.0 Å². The van der Waals surface area contributed by atoms with Crippen molar-refractivity contribution in [2.24, 2.45) is 5.73 Å². The van der Waals surface area contributed by atoms with Crippen molar-refractivity contribution in [3.8, 4) is 0 Å². The first-order valence-electron chi connectivity index (χ1n) is 5.94. The zero-order chi connectivity index (χ0) is 13.6. The van der Waals surface area contributed by atoms with Crippen molar-refractivity contribution < 1.29 is 9.18 Å². The van der Waals surface area contributed by atoms with Gasteiger partial charge in [-0.15, -0.1) is 11.3 Å². The van der Waals surface area contributed by atoms with Gasteiger partial charge in [-0.3, -0.25) is 4.79 Å². The number of hydrogen-bond donors (Lipinski definition) is 1. The number of primary amides is 1. The van der Waals surface area contributed by atoms with Gasteiger partial charge < -0.3 is 10.6 Å². The molecule has 100 valence electrons. The molecule has 0 bridgehead atoms. The minimum atomic E-state index is -1.95. The number of alkyl halides is 1. The van der Waals surface area contributed by atoms with Crippen LogP contribution >= 0.6 is 11.3 Å². The van der Waals surface area contributed by atoms with Gasteiger partial charge in [-0.2, -0.15) is 0 Å². The molecular weight excluding hydrogens is 267 g/mol. The van der Waals surface area contributed by atoms with Crippen LogP contribution < -0.4 is 10.6 Å². The molecule has 1 aliphatic heterocycles. The lowest BCUT2D eigenvalue weighted by Crippen LogP contribution is -2.42. The summed E-state index contributed by atoms with van der Waals surface area (Å²) in [6.45, 7) is 2.37. The fraction of sp³-hybridized carbons (Fsp3) is 0.417. The lowest BCUT2D eigenvalue weighted by molar-refractivity contribution is -0.128. The van der Waals surface area contributed by atoms with Crippen molar-refractivity contribution in [3.63, 3.8) is 0 Å². The van der Waals surface area contributed by atoms with Crippen LogP contribution in [0.1, 0.15) is 12.0 Å². The van der Waals surface area contributed by atoms with E-state index in [0.717, 1.165) is 15.8 Å². The van der Waals surface area contributed by atoms with Gasteiger partial charge in [0.2, 0.25) is 5.67 Å². The maximum atomic E-state index is 14.2. The summed E-state index contributed by atoms with van der Waals surface area (Å²) in [6, 6.07) is 0. The van der Waals surface area contributed by atoms with Gasteiger partial charge in [0.1, 0.15) is 12.1 Å². The molecule has 3 rings (SSSR count). The Bertz CT molecular complexity index is 658. The number of anilines is 1. The molecule has 0 spiro atoms. The fourth-order valence-corrected chi connectivity index (χ4v) is 3.36. The number of rotatable bonds is 2. The van der Waals surface area contributed by atoms with Crippen molar-refractivity contribution in [1.29, 1.82) is 0 Å². The van der Waals surface area contributed by atoms with Gasteiger partial charge in [0.15, 0.2) is 0 Å². The quantitative estimate of drug-likeness (QED) is 0.902. The highest BCUT2D eigenvalue weighted by atomic mass is 32.1. The van der Waals surface area contributed by atoms with Crippen LogP contribution in [0.2, 0.25) is 0 Å². The maximum absolute atomic E-state index is 14.2. The number of aromatic nitrogens is 2. The second-order valence-corrected chi connectivity index (χ2v) is 5.67. The molecular formula is C12H13FN4OS. The third-order valence-electron chi connectivity index (χ3n) is 3.47. The third kappa shape index (κ3) is 1.85. The Kier molecular flexibility index (Phi) is 2.67. The number of aryl methyl sites for hydroxylation is 1. The topological polar surface area (TPSA) is 72.1 Å². The second kappa shape index (κ2) is 4.12. The summed E-state index contributed by atoms with van der Waals surface area (Å²) < 4.78 is 15.1. The molecule has 1 amide bonds. The highest BCUT2D eigenvalue weighted by Gasteiger charge is 2.44. The number of thiophene rings is 1. The molecule has 5 nitrogen and oxygen atoms in total. The minimum Gasteiger partial charge on any atom is -0.367 e. The van der Waals surface area contributed by atoms with E-state index in [4.69, 9.17) is 5.73 Å². The van der Waals surface area contributed by atoms with Crippen LogP contribution in [0, 0.1) is 6.92 Å². The molecule has 1 unspecified atom stereocenters. The van der Waals surface area contributed by atoms with Crippen LogP contribution in [0.15, 0.2) is 11.7 Å². The van der Waals surface area contributed by atoms with E-state index in [2.05, 4.69) is 9.97 Å². The summed E-state index contributed by atoms with van der Waals surface area (Å²) in [5.74, 6) is -0.216. The average Bonchev–Trinajstić information content (AvgIpc) is 2.95. The zero-order valence-corrected chi connectivity index (χ0v) is 11.2. The molecule has 2 aromatic heterocycles. The van der Waals surface area contributed by atoms with Gasteiger partial charge in [0, 0.05) is 13.0 Å². The van der Waals surface area contributed by atoms with Crippen LogP contribution in [-0.2, 0) is 4.79 Å². The van der Waals surface area contributed by atoms with Crippen LogP contribution in [0.5, 0.6) is 0 Å². The van der Waals surface area contributed by atoms with E-state index in [0.29, 0.717) is 12.4 Å². The molecule has 0 radical (unpaired) electrons. The lowest BCUT2D eigenvalue weighted by Gasteiger charge is -2.19. The Morgan fingerprint density at radius 3 is 3.05 bits per heavy atom. The Morgan fingerprint density at radius 2 is 2.37 bits per heavy atom. The van der Waals surface area contributed by atoms with Gasteiger partial charge in [0.05, 0.1) is 16.8 Å². The average molecular weight is 280 g/mol. The molecule has 1 saturated heterocycles. The Morgan fingerprint density at radius 1 is 1.58 bits per heavy atom. The number of nitrogens with zero attached hydrogens (tertiary/aromatic N) is 3. The molecule has 7 heteroatoms. The first kappa shape index (κ1) is 12.3. The van der Waals surface area contributed by atoms with Gasteiger partial charge in [-0.1, -0.05) is 0 Å². The van der Waals surface area contributed by atoms with E-state index in [9.17, 15) is 9.18 Å². The summed E-state index contributed by atoms with van der Waals surface area (Å²) >= 11 is 1.53. The normalized spacial score (nSPS) is 23.2. The van der Waals surface area contributed by atoms with E-state index >= 15 is 0 Å². The zero-order valence-electron chi connectivity index (χ0n) is 10.4. The number of amides is 1. The minimum absolute atomic E-state index is 0.0363. The predicted molar refractivity (Wildman–Crippen MR) is 72.0 cm³/mol. The summed E-state index contributed by atoms with van der Waals surface area (Å²) in [6.07, 6.45) is 1.58. The van der Waals surface area contributed by atoms with Gasteiger partial charge in [-0.25, -0.2) is 14.4 Å². The molecule has 1 atom stereocenters. The monoisotopic (exact) mass is 280 g/mol. The number of carbonyl (C=O) groups is 1. The number of fused-ring (bicyclic) bond motifs is 1. The highest BCUT2D eigenvalue weighted by molar-refractivity contribution is 7.18. The Labute approximate surface area is 113 Å². The summed E-state index contributed by atoms with van der Waals surface area (Å²) in [4.78, 5) is 21.4. The molecule has 1 aliphatic rings. The Balaban J connectivity index is 2.00. The molecule has 0 aliphatic carbocycles. The number of halogens is 1. The summed E-state index contributed by atoms with van der Waals surface area (Å²) in [5.41, 5.74) is 5.12. The molecule has 0 aromatic carbocycles. The standard InChI is InChI=1S/C12H13FN4OS/c1-7-4-19-9-8(7)15-6-16-10(9)17-3-2-12(13,5-17)11(14)18/h4,6H,2-3,5H2,1H3,(H2,14,18). The molecule has 2 aromatic rings. The molecule has 3 heterocycles. The third-order valence-corrected chi connectivity index (χ3v) is 4.56. The van der Waals surface area contributed by atoms with Crippen molar-refractivity contribution >= 4 is 33.3 Å². The highest BCUT2D eigenvalue weighted by Crippen LogP contribution is 2.35. The van der Waals surface area contributed by atoms with E-state index in [1.165, 1.54) is 17.7 Å². The molecule has 0 saturated carbocycles. The molecule has 19 heavy (non-hydrogen) atoms. The van der Waals surface area contributed by atoms with Crippen LogP contribution in [0.25, 0.3) is 10.2 Å².